The van der Waals surface area contributed by atoms with Crippen LogP contribution in [-0.4, -0.2) is 19.2 Å². The highest BCUT2D eigenvalue weighted by atomic mass is 19.1. The van der Waals surface area contributed by atoms with Crippen molar-refractivity contribution >= 4 is 0 Å². The molecular weight excluding hydrogens is 241 g/mol. The second-order valence-corrected chi connectivity index (χ2v) is 5.33. The zero-order valence-electron chi connectivity index (χ0n) is 12.4. The zero-order valence-corrected chi connectivity index (χ0v) is 12.4. The Morgan fingerprint density at radius 3 is 2.32 bits per heavy atom. The Balaban J connectivity index is 2.70. The van der Waals surface area contributed by atoms with Crippen molar-refractivity contribution in [3.05, 3.63) is 35.6 Å². The molecule has 0 amide bonds. The minimum atomic E-state index is -0.207. The molecule has 1 aromatic rings. The molecule has 0 aliphatic heterocycles. The predicted octanol–water partition coefficient (Wildman–Crippen LogP) is 3.93. The normalized spacial score (nSPS) is 14.6. The molecule has 2 atom stereocenters. The molecule has 0 aromatic heterocycles. The molecule has 0 aliphatic rings. The Morgan fingerprint density at radius 2 is 1.79 bits per heavy atom. The van der Waals surface area contributed by atoms with Crippen LogP contribution in [0.1, 0.15) is 45.8 Å². The number of ether oxygens (including phenoxy) is 1. The average Bonchev–Trinajstić information content (AvgIpc) is 2.38. The van der Waals surface area contributed by atoms with Crippen molar-refractivity contribution in [3.8, 4) is 0 Å². The van der Waals surface area contributed by atoms with E-state index in [2.05, 4.69) is 33.0 Å². The van der Waals surface area contributed by atoms with Crippen LogP contribution in [0.15, 0.2) is 24.3 Å². The Morgan fingerprint density at radius 1 is 1.16 bits per heavy atom. The van der Waals surface area contributed by atoms with Gasteiger partial charge in [-0.15, -0.1) is 0 Å². The van der Waals surface area contributed by atoms with E-state index in [9.17, 15) is 4.39 Å². The van der Waals surface area contributed by atoms with E-state index >= 15 is 0 Å². The van der Waals surface area contributed by atoms with Crippen LogP contribution in [0.25, 0.3) is 0 Å². The standard InChI is InChI=1S/C16H26FNO/c1-5-10-18-11-16(19-13(4)12(2)3)14-6-8-15(17)9-7-14/h6-9,12-13,16,18H,5,10-11H2,1-4H3. The lowest BCUT2D eigenvalue weighted by atomic mass is 10.1. The first-order valence-corrected chi connectivity index (χ1v) is 7.16. The highest BCUT2D eigenvalue weighted by Crippen LogP contribution is 2.21. The molecule has 0 aliphatic carbocycles. The molecule has 1 aromatic carbocycles. The molecule has 0 heterocycles. The van der Waals surface area contributed by atoms with Crippen molar-refractivity contribution in [1.82, 2.24) is 5.32 Å². The van der Waals surface area contributed by atoms with E-state index in [1.165, 1.54) is 12.1 Å². The second-order valence-electron chi connectivity index (χ2n) is 5.33. The maximum Gasteiger partial charge on any atom is 0.123 e. The fourth-order valence-electron chi connectivity index (χ4n) is 1.75. The van der Waals surface area contributed by atoms with Gasteiger partial charge in [-0.2, -0.15) is 0 Å². The molecule has 3 heteroatoms. The first-order valence-electron chi connectivity index (χ1n) is 7.16. The summed E-state index contributed by atoms with van der Waals surface area (Å²) in [5, 5.41) is 3.37. The summed E-state index contributed by atoms with van der Waals surface area (Å²) >= 11 is 0. The van der Waals surface area contributed by atoms with Crippen molar-refractivity contribution in [3.63, 3.8) is 0 Å². The lowest BCUT2D eigenvalue weighted by Crippen LogP contribution is -2.28. The van der Waals surface area contributed by atoms with Crippen LogP contribution in [0, 0.1) is 11.7 Å². The van der Waals surface area contributed by atoms with Crippen molar-refractivity contribution in [2.45, 2.75) is 46.3 Å². The molecule has 0 radical (unpaired) electrons. The number of rotatable bonds is 8. The van der Waals surface area contributed by atoms with Gasteiger partial charge in [-0.05, 0) is 43.5 Å². The third-order valence-corrected chi connectivity index (χ3v) is 3.32. The Hall–Kier alpha value is -0.930. The number of hydrogen-bond donors (Lipinski definition) is 1. The van der Waals surface area contributed by atoms with Crippen LogP contribution >= 0.6 is 0 Å². The highest BCUT2D eigenvalue weighted by Gasteiger charge is 2.17. The third kappa shape index (κ3) is 5.70. The smallest absolute Gasteiger partial charge is 0.123 e. The Kier molecular flexibility index (Phi) is 7.03. The lowest BCUT2D eigenvalue weighted by molar-refractivity contribution is -0.0258. The number of nitrogens with one attached hydrogen (secondary N) is 1. The second kappa shape index (κ2) is 8.28. The van der Waals surface area contributed by atoms with E-state index in [4.69, 9.17) is 4.74 Å². The summed E-state index contributed by atoms with van der Waals surface area (Å²) in [4.78, 5) is 0. The first-order chi connectivity index (χ1) is 9.04. The molecule has 0 saturated carbocycles. The maximum absolute atomic E-state index is 13.0. The quantitative estimate of drug-likeness (QED) is 0.721. The summed E-state index contributed by atoms with van der Waals surface area (Å²) in [5.41, 5.74) is 1.03. The molecule has 2 unspecified atom stereocenters. The zero-order chi connectivity index (χ0) is 14.3. The molecule has 108 valence electrons. The topological polar surface area (TPSA) is 21.3 Å². The predicted molar refractivity (Wildman–Crippen MR) is 77.7 cm³/mol. The monoisotopic (exact) mass is 267 g/mol. The van der Waals surface area contributed by atoms with Crippen LogP contribution in [-0.2, 0) is 4.74 Å². The van der Waals surface area contributed by atoms with Crippen LogP contribution in [0.5, 0.6) is 0 Å². The SMILES string of the molecule is CCCNCC(OC(C)C(C)C)c1ccc(F)cc1. The van der Waals surface area contributed by atoms with Crippen molar-refractivity contribution in [2.75, 3.05) is 13.1 Å². The van der Waals surface area contributed by atoms with Gasteiger partial charge in [-0.3, -0.25) is 0 Å². The van der Waals surface area contributed by atoms with E-state index in [-0.39, 0.29) is 18.0 Å². The van der Waals surface area contributed by atoms with E-state index in [0.29, 0.717) is 5.92 Å². The van der Waals surface area contributed by atoms with Crippen LogP contribution in [0.4, 0.5) is 4.39 Å². The van der Waals surface area contributed by atoms with Crippen LogP contribution in [0.2, 0.25) is 0 Å². The molecule has 19 heavy (non-hydrogen) atoms. The fourth-order valence-corrected chi connectivity index (χ4v) is 1.75. The van der Waals surface area contributed by atoms with Gasteiger partial charge in [0.25, 0.3) is 0 Å². The summed E-state index contributed by atoms with van der Waals surface area (Å²) in [6, 6.07) is 6.60. The summed E-state index contributed by atoms with van der Waals surface area (Å²) in [7, 11) is 0. The molecule has 0 spiro atoms. The molecule has 0 fully saturated rings. The third-order valence-electron chi connectivity index (χ3n) is 3.32. The Labute approximate surface area is 116 Å². The molecule has 0 bridgehead atoms. The highest BCUT2D eigenvalue weighted by molar-refractivity contribution is 5.19. The van der Waals surface area contributed by atoms with Gasteiger partial charge >= 0.3 is 0 Å². The first kappa shape index (κ1) is 16.1. The van der Waals surface area contributed by atoms with Gasteiger partial charge in [0.15, 0.2) is 0 Å². The Bertz CT molecular complexity index is 350. The van der Waals surface area contributed by atoms with Gasteiger partial charge in [-0.25, -0.2) is 4.39 Å². The van der Waals surface area contributed by atoms with Crippen LogP contribution < -0.4 is 5.32 Å². The van der Waals surface area contributed by atoms with Crippen molar-refractivity contribution < 1.29 is 9.13 Å². The summed E-state index contributed by atoms with van der Waals surface area (Å²) in [5.74, 6) is 0.259. The molecule has 1 N–H and O–H groups in total. The van der Waals surface area contributed by atoms with Crippen molar-refractivity contribution in [1.29, 1.82) is 0 Å². The van der Waals surface area contributed by atoms with Gasteiger partial charge in [0.2, 0.25) is 0 Å². The lowest BCUT2D eigenvalue weighted by Gasteiger charge is -2.25. The van der Waals surface area contributed by atoms with Gasteiger partial charge < -0.3 is 10.1 Å². The number of halogens is 1. The number of hydrogen-bond acceptors (Lipinski definition) is 2. The van der Waals surface area contributed by atoms with Crippen molar-refractivity contribution in [2.24, 2.45) is 5.92 Å². The van der Waals surface area contributed by atoms with Gasteiger partial charge in [0.05, 0.1) is 12.2 Å². The van der Waals surface area contributed by atoms with E-state index in [1.54, 1.807) is 12.1 Å². The number of benzene rings is 1. The largest absolute Gasteiger partial charge is 0.369 e. The van der Waals surface area contributed by atoms with Gasteiger partial charge in [0, 0.05) is 6.54 Å². The molecular formula is C16H26FNO. The minimum absolute atomic E-state index is 0.0236. The van der Waals surface area contributed by atoms with Gasteiger partial charge in [0.1, 0.15) is 5.82 Å². The molecule has 2 nitrogen and oxygen atoms in total. The minimum Gasteiger partial charge on any atom is -0.369 e. The molecule has 1 rings (SSSR count). The maximum atomic E-state index is 13.0. The van der Waals surface area contributed by atoms with E-state index < -0.39 is 0 Å². The molecule has 0 saturated heterocycles. The average molecular weight is 267 g/mol. The van der Waals surface area contributed by atoms with Crippen LogP contribution in [0.3, 0.4) is 0 Å². The fraction of sp³-hybridized carbons (Fsp3) is 0.625. The summed E-state index contributed by atoms with van der Waals surface area (Å²) in [6.45, 7) is 10.2. The summed E-state index contributed by atoms with van der Waals surface area (Å²) in [6.07, 6.45) is 1.25. The summed E-state index contributed by atoms with van der Waals surface area (Å²) < 4.78 is 19.1. The van der Waals surface area contributed by atoms with E-state index in [1.807, 2.05) is 0 Å². The van der Waals surface area contributed by atoms with Gasteiger partial charge in [-0.1, -0.05) is 32.9 Å². The van der Waals surface area contributed by atoms with E-state index in [0.717, 1.165) is 25.1 Å².